The van der Waals surface area contributed by atoms with Crippen molar-refractivity contribution >= 4 is 13.7 Å². The summed E-state index contributed by atoms with van der Waals surface area (Å²) in [6.07, 6.45) is -2.44. The molecule has 0 bridgehead atoms. The first kappa shape index (κ1) is 20.7. The Hall–Kier alpha value is -1.36. The zero-order valence-electron chi connectivity index (χ0n) is 14.2. The Kier molecular flexibility index (Phi) is 7.46. The maximum Gasteiger partial charge on any atom is 0.416 e. The van der Waals surface area contributed by atoms with Gasteiger partial charge in [0, 0.05) is 0 Å². The number of benzene rings is 1. The minimum Gasteiger partial charge on any atom is -0.306 e. The highest BCUT2D eigenvalue weighted by molar-refractivity contribution is 7.58. The van der Waals surface area contributed by atoms with Crippen LogP contribution >= 0.6 is 7.60 Å². The lowest BCUT2D eigenvalue weighted by Gasteiger charge is -2.21. The summed E-state index contributed by atoms with van der Waals surface area (Å²) in [5.74, 6) is 0. The first-order chi connectivity index (χ1) is 11.1. The van der Waals surface area contributed by atoms with Crippen LogP contribution in [0.2, 0.25) is 0 Å². The van der Waals surface area contributed by atoms with Gasteiger partial charge in [-0.1, -0.05) is 35.9 Å². The summed E-state index contributed by atoms with van der Waals surface area (Å²) in [4.78, 5) is 0. The molecule has 1 aromatic rings. The van der Waals surface area contributed by atoms with E-state index in [0.717, 1.165) is 18.6 Å². The maximum absolute atomic E-state index is 13.4. The molecule has 0 aliphatic rings. The predicted octanol–water partition coefficient (Wildman–Crippen LogP) is 6.11. The molecule has 0 atom stereocenters. The van der Waals surface area contributed by atoms with E-state index in [4.69, 9.17) is 9.05 Å². The fourth-order valence-corrected chi connectivity index (χ4v) is 3.63. The van der Waals surface area contributed by atoms with Gasteiger partial charge in [0.15, 0.2) is 0 Å². The van der Waals surface area contributed by atoms with Gasteiger partial charge < -0.3 is 9.05 Å². The summed E-state index contributed by atoms with van der Waals surface area (Å²) in [7, 11) is -3.98. The molecule has 0 heterocycles. The zero-order valence-corrected chi connectivity index (χ0v) is 15.1. The number of hydrogen-bond acceptors (Lipinski definition) is 3. The summed E-state index contributed by atoms with van der Waals surface area (Å²) < 4.78 is 62.9. The van der Waals surface area contributed by atoms with Gasteiger partial charge in [-0.15, -0.1) is 0 Å². The van der Waals surface area contributed by atoms with Crippen molar-refractivity contribution in [2.24, 2.45) is 0 Å². The molecule has 24 heavy (non-hydrogen) atoms. The van der Waals surface area contributed by atoms with E-state index in [0.29, 0.717) is 5.56 Å². The Bertz CT molecular complexity index is 636. The average Bonchev–Trinajstić information content (AvgIpc) is 2.48. The molecule has 0 N–H and O–H groups in total. The lowest BCUT2D eigenvalue weighted by atomic mass is 10.1. The van der Waals surface area contributed by atoms with Crippen LogP contribution in [0.4, 0.5) is 13.2 Å². The zero-order chi connectivity index (χ0) is 18.4. The van der Waals surface area contributed by atoms with Crippen molar-refractivity contribution in [3.05, 3.63) is 52.4 Å². The van der Waals surface area contributed by atoms with Gasteiger partial charge in [-0.3, -0.25) is 4.57 Å². The molecule has 0 radical (unpaired) electrons. The molecule has 1 aromatic carbocycles. The normalized spacial score (nSPS) is 14.1. The highest BCUT2D eigenvalue weighted by Crippen LogP contribution is 2.58. The van der Waals surface area contributed by atoms with Gasteiger partial charge in [0.2, 0.25) is 0 Å². The largest absolute Gasteiger partial charge is 0.416 e. The number of halogens is 3. The minimum absolute atomic E-state index is 0.0125. The van der Waals surface area contributed by atoms with Crippen LogP contribution < -0.4 is 0 Å². The van der Waals surface area contributed by atoms with Crippen molar-refractivity contribution in [1.82, 2.24) is 0 Å². The molecular weight excluding hydrogens is 340 g/mol. The fraction of sp³-hybridized carbons (Fsp3) is 0.412. The molecular formula is C17H22F3O3P. The van der Waals surface area contributed by atoms with E-state index in [1.165, 1.54) is 6.08 Å². The van der Waals surface area contributed by atoms with Crippen LogP contribution in [0.15, 0.2) is 41.2 Å². The number of allylic oxidation sites excluding steroid dienone is 3. The second kappa shape index (κ2) is 8.65. The van der Waals surface area contributed by atoms with Crippen molar-refractivity contribution in [3.63, 3.8) is 0 Å². The van der Waals surface area contributed by atoms with Crippen molar-refractivity contribution < 1.29 is 26.8 Å². The van der Waals surface area contributed by atoms with E-state index in [1.54, 1.807) is 38.1 Å². The van der Waals surface area contributed by atoms with Crippen LogP contribution in [0.5, 0.6) is 0 Å². The standard InChI is InChI=1S/C17H22F3O3P/c1-5-22-24(21,23-6-2)14(4)16(17(18,19)20)12-11-15-9-7-13(3)8-10-15/h7-12H,5-6H2,1-4H3/b12-11+,16-14+. The molecule has 0 spiro atoms. The molecule has 1 rings (SSSR count). The second-order valence-electron chi connectivity index (χ2n) is 5.07. The Morgan fingerprint density at radius 1 is 1.12 bits per heavy atom. The third-order valence-electron chi connectivity index (χ3n) is 3.22. The van der Waals surface area contributed by atoms with Crippen LogP contribution in [0.3, 0.4) is 0 Å². The molecule has 134 valence electrons. The lowest BCUT2D eigenvalue weighted by molar-refractivity contribution is -0.0887. The molecule has 0 aliphatic carbocycles. The summed E-state index contributed by atoms with van der Waals surface area (Å²) >= 11 is 0. The first-order valence-corrected chi connectivity index (χ1v) is 9.10. The van der Waals surface area contributed by atoms with Gasteiger partial charge in [0.25, 0.3) is 0 Å². The Labute approximate surface area is 140 Å². The maximum atomic E-state index is 13.4. The smallest absolute Gasteiger partial charge is 0.306 e. The number of aryl methyl sites for hydroxylation is 1. The molecule has 0 amide bonds. The fourth-order valence-electron chi connectivity index (χ4n) is 2.00. The van der Waals surface area contributed by atoms with Crippen LogP contribution in [0.1, 0.15) is 31.9 Å². The topological polar surface area (TPSA) is 35.5 Å². The minimum atomic E-state index is -4.67. The van der Waals surface area contributed by atoms with Gasteiger partial charge in [0.05, 0.1) is 24.1 Å². The third-order valence-corrected chi connectivity index (χ3v) is 5.48. The first-order valence-electron chi connectivity index (χ1n) is 7.56. The predicted molar refractivity (Wildman–Crippen MR) is 89.8 cm³/mol. The van der Waals surface area contributed by atoms with E-state index in [-0.39, 0.29) is 13.2 Å². The van der Waals surface area contributed by atoms with Gasteiger partial charge in [-0.2, -0.15) is 13.2 Å². The average molecular weight is 362 g/mol. The van der Waals surface area contributed by atoms with Crippen LogP contribution in [-0.2, 0) is 13.6 Å². The van der Waals surface area contributed by atoms with Crippen molar-refractivity contribution in [1.29, 1.82) is 0 Å². The molecule has 0 saturated heterocycles. The van der Waals surface area contributed by atoms with Crippen molar-refractivity contribution in [2.45, 2.75) is 33.9 Å². The summed E-state index contributed by atoms with van der Waals surface area (Å²) in [5, 5.41) is -0.443. The molecule has 0 unspecified atom stereocenters. The van der Waals surface area contributed by atoms with Crippen LogP contribution in [0, 0.1) is 6.92 Å². The molecule has 3 nitrogen and oxygen atoms in total. The number of rotatable bonds is 7. The lowest BCUT2D eigenvalue weighted by Crippen LogP contribution is -2.13. The van der Waals surface area contributed by atoms with Crippen molar-refractivity contribution in [3.8, 4) is 0 Å². The van der Waals surface area contributed by atoms with Gasteiger partial charge in [-0.25, -0.2) is 0 Å². The summed E-state index contributed by atoms with van der Waals surface area (Å²) in [6, 6.07) is 7.02. The van der Waals surface area contributed by atoms with E-state index in [9.17, 15) is 17.7 Å². The number of hydrogen-bond donors (Lipinski definition) is 0. The molecule has 0 aromatic heterocycles. The highest BCUT2D eigenvalue weighted by Gasteiger charge is 2.40. The Balaban J connectivity index is 3.33. The van der Waals surface area contributed by atoms with Crippen LogP contribution in [-0.4, -0.2) is 19.4 Å². The van der Waals surface area contributed by atoms with E-state index >= 15 is 0 Å². The third kappa shape index (κ3) is 5.62. The molecule has 0 aliphatic heterocycles. The van der Waals surface area contributed by atoms with E-state index in [1.807, 2.05) is 6.92 Å². The molecule has 7 heteroatoms. The van der Waals surface area contributed by atoms with E-state index in [2.05, 4.69) is 0 Å². The monoisotopic (exact) mass is 362 g/mol. The molecule has 0 saturated carbocycles. The number of alkyl halides is 3. The second-order valence-corrected chi connectivity index (χ2v) is 7.26. The SMILES string of the molecule is CCOP(=O)(OCC)/C(C)=C(\C=C\c1ccc(C)cc1)C(F)(F)F. The van der Waals surface area contributed by atoms with Gasteiger partial charge in [-0.05, 0) is 39.3 Å². The molecule has 0 fully saturated rings. The summed E-state index contributed by atoms with van der Waals surface area (Å²) in [5.41, 5.74) is 0.596. The Morgan fingerprint density at radius 2 is 1.62 bits per heavy atom. The highest BCUT2D eigenvalue weighted by atomic mass is 31.2. The Morgan fingerprint density at radius 3 is 2.04 bits per heavy atom. The van der Waals surface area contributed by atoms with Crippen LogP contribution in [0.25, 0.3) is 6.08 Å². The van der Waals surface area contributed by atoms with Crippen molar-refractivity contribution in [2.75, 3.05) is 13.2 Å². The van der Waals surface area contributed by atoms with Gasteiger partial charge >= 0.3 is 13.8 Å². The van der Waals surface area contributed by atoms with E-state index < -0.39 is 24.7 Å². The van der Waals surface area contributed by atoms with Gasteiger partial charge in [0.1, 0.15) is 0 Å². The quantitative estimate of drug-likeness (QED) is 0.434. The summed E-state index contributed by atoms with van der Waals surface area (Å²) in [6.45, 7) is 6.10.